The van der Waals surface area contributed by atoms with Gasteiger partial charge in [-0.05, 0) is 22.9 Å². The molecular formula is C23H19ClF3N3O2. The summed E-state index contributed by atoms with van der Waals surface area (Å²) in [5, 5.41) is 2.15. The van der Waals surface area contributed by atoms with Crippen molar-refractivity contribution in [1.82, 2.24) is 9.88 Å². The standard InChI is InChI=1S/C23H19ClF3N3O2/c24-18-11-15(23(25,26)27)13-28-21(18)29-7-9-30(10-8-29)22(31)20-12-17-16-4-2-1-3-14(16)5-6-19(17)32-20/h1-6,11,13,20H,7-10,12H2. The van der Waals surface area contributed by atoms with Crippen LogP contribution in [0.2, 0.25) is 5.02 Å². The first-order valence-electron chi connectivity index (χ1n) is 10.2. The van der Waals surface area contributed by atoms with Gasteiger partial charge in [-0.1, -0.05) is 41.9 Å². The van der Waals surface area contributed by atoms with Gasteiger partial charge in [0.2, 0.25) is 0 Å². The molecule has 1 atom stereocenters. The van der Waals surface area contributed by atoms with Crippen LogP contribution in [0, 0.1) is 0 Å². The molecule has 0 aliphatic carbocycles. The van der Waals surface area contributed by atoms with Crippen LogP contribution in [-0.2, 0) is 17.4 Å². The van der Waals surface area contributed by atoms with Crippen molar-refractivity contribution in [3.63, 3.8) is 0 Å². The van der Waals surface area contributed by atoms with E-state index in [0.29, 0.717) is 38.4 Å². The van der Waals surface area contributed by atoms with Gasteiger partial charge in [0, 0.05) is 44.4 Å². The third kappa shape index (κ3) is 3.72. The zero-order valence-electron chi connectivity index (χ0n) is 16.9. The molecule has 1 unspecified atom stereocenters. The molecule has 166 valence electrons. The predicted molar refractivity (Wildman–Crippen MR) is 115 cm³/mol. The molecule has 3 aromatic rings. The third-order valence-corrected chi connectivity index (χ3v) is 6.25. The normalized spacial score (nSPS) is 18.6. The number of anilines is 1. The first kappa shape index (κ1) is 20.9. The Labute approximate surface area is 187 Å². The lowest BCUT2D eigenvalue weighted by molar-refractivity contribution is -0.138. The van der Waals surface area contributed by atoms with E-state index in [-0.39, 0.29) is 10.9 Å². The van der Waals surface area contributed by atoms with Crippen molar-refractivity contribution < 1.29 is 22.7 Å². The zero-order valence-corrected chi connectivity index (χ0v) is 17.7. The molecule has 1 saturated heterocycles. The van der Waals surface area contributed by atoms with Gasteiger partial charge in [0.1, 0.15) is 11.6 Å². The Morgan fingerprint density at radius 1 is 1.09 bits per heavy atom. The van der Waals surface area contributed by atoms with Gasteiger partial charge in [0.25, 0.3) is 5.91 Å². The van der Waals surface area contributed by atoms with E-state index < -0.39 is 17.8 Å². The van der Waals surface area contributed by atoms with Gasteiger partial charge in [-0.2, -0.15) is 13.2 Å². The fraction of sp³-hybridized carbons (Fsp3) is 0.304. The van der Waals surface area contributed by atoms with Crippen molar-refractivity contribution in [2.24, 2.45) is 0 Å². The summed E-state index contributed by atoms with van der Waals surface area (Å²) in [5.41, 5.74) is 0.159. The lowest BCUT2D eigenvalue weighted by Gasteiger charge is -2.36. The topological polar surface area (TPSA) is 45.7 Å². The zero-order chi connectivity index (χ0) is 22.5. The molecule has 1 amide bonds. The van der Waals surface area contributed by atoms with Gasteiger partial charge in [-0.15, -0.1) is 0 Å². The average Bonchev–Trinajstić information content (AvgIpc) is 3.23. The second kappa shape index (κ2) is 7.85. The van der Waals surface area contributed by atoms with E-state index >= 15 is 0 Å². The molecule has 9 heteroatoms. The summed E-state index contributed by atoms with van der Waals surface area (Å²) >= 11 is 6.07. The molecule has 0 bridgehead atoms. The second-order valence-electron chi connectivity index (χ2n) is 7.91. The van der Waals surface area contributed by atoms with Crippen molar-refractivity contribution in [3.05, 3.63) is 64.8 Å². The molecule has 5 nitrogen and oxygen atoms in total. The molecule has 3 heterocycles. The maximum atomic E-state index is 13.1. The highest BCUT2D eigenvalue weighted by atomic mass is 35.5. The predicted octanol–water partition coefficient (Wildman–Crippen LogP) is 4.56. The number of ether oxygens (including phenoxy) is 1. The average molecular weight is 462 g/mol. The molecule has 32 heavy (non-hydrogen) atoms. The number of rotatable bonds is 2. The van der Waals surface area contributed by atoms with Gasteiger partial charge in [0.15, 0.2) is 6.10 Å². The van der Waals surface area contributed by atoms with Crippen LogP contribution < -0.4 is 9.64 Å². The maximum Gasteiger partial charge on any atom is 0.417 e. The molecule has 2 aliphatic heterocycles. The highest BCUT2D eigenvalue weighted by Gasteiger charge is 2.36. The summed E-state index contributed by atoms with van der Waals surface area (Å²) in [6.45, 7) is 1.67. The molecule has 0 radical (unpaired) electrons. The first-order valence-corrected chi connectivity index (χ1v) is 10.6. The summed E-state index contributed by atoms with van der Waals surface area (Å²) < 4.78 is 44.5. The number of alkyl halides is 3. The van der Waals surface area contributed by atoms with E-state index in [9.17, 15) is 18.0 Å². The van der Waals surface area contributed by atoms with E-state index in [0.717, 1.165) is 34.3 Å². The Hall–Kier alpha value is -3.00. The van der Waals surface area contributed by atoms with E-state index in [1.165, 1.54) is 0 Å². The number of aromatic nitrogens is 1. The first-order chi connectivity index (χ1) is 15.3. The van der Waals surface area contributed by atoms with Crippen molar-refractivity contribution in [1.29, 1.82) is 0 Å². The van der Waals surface area contributed by atoms with E-state index in [1.54, 1.807) is 9.80 Å². The summed E-state index contributed by atoms with van der Waals surface area (Å²) in [7, 11) is 0. The Kier molecular flexibility index (Phi) is 5.12. The fourth-order valence-corrected chi connectivity index (χ4v) is 4.60. The molecule has 2 aliphatic rings. The minimum Gasteiger partial charge on any atom is -0.480 e. The third-order valence-electron chi connectivity index (χ3n) is 5.97. The lowest BCUT2D eigenvalue weighted by atomic mass is 10.0. The molecule has 1 aromatic heterocycles. The second-order valence-corrected chi connectivity index (χ2v) is 8.32. The molecule has 0 spiro atoms. The molecule has 0 N–H and O–H groups in total. The number of amides is 1. The van der Waals surface area contributed by atoms with Crippen LogP contribution in [0.15, 0.2) is 48.7 Å². The van der Waals surface area contributed by atoms with Crippen molar-refractivity contribution in [2.45, 2.75) is 18.7 Å². The van der Waals surface area contributed by atoms with Crippen LogP contribution in [-0.4, -0.2) is 48.1 Å². The number of hydrogen-bond acceptors (Lipinski definition) is 4. The molecule has 5 rings (SSSR count). The van der Waals surface area contributed by atoms with Gasteiger partial charge in [-0.25, -0.2) is 4.98 Å². The number of hydrogen-bond donors (Lipinski definition) is 0. The number of carbonyl (C=O) groups is 1. The Bertz CT molecular complexity index is 1190. The highest BCUT2D eigenvalue weighted by molar-refractivity contribution is 6.33. The summed E-state index contributed by atoms with van der Waals surface area (Å²) in [6, 6.07) is 12.8. The van der Waals surface area contributed by atoms with E-state index in [2.05, 4.69) is 4.98 Å². The van der Waals surface area contributed by atoms with Crippen molar-refractivity contribution in [2.75, 3.05) is 31.1 Å². The molecule has 2 aromatic carbocycles. The van der Waals surface area contributed by atoms with Gasteiger partial charge in [-0.3, -0.25) is 4.79 Å². The fourth-order valence-electron chi connectivity index (χ4n) is 4.32. The van der Waals surface area contributed by atoms with Crippen LogP contribution in [0.5, 0.6) is 5.75 Å². The monoisotopic (exact) mass is 461 g/mol. The molecular weight excluding hydrogens is 443 g/mol. The highest BCUT2D eigenvalue weighted by Crippen LogP contribution is 2.36. The summed E-state index contributed by atoms with van der Waals surface area (Å²) in [6.07, 6.45) is -3.77. The van der Waals surface area contributed by atoms with Gasteiger partial charge < -0.3 is 14.5 Å². The van der Waals surface area contributed by atoms with Crippen molar-refractivity contribution >= 4 is 34.1 Å². The van der Waals surface area contributed by atoms with Crippen LogP contribution in [0.3, 0.4) is 0 Å². The Morgan fingerprint density at radius 2 is 1.84 bits per heavy atom. The minimum absolute atomic E-state index is 0.0546. The smallest absolute Gasteiger partial charge is 0.417 e. The van der Waals surface area contributed by atoms with Crippen LogP contribution in [0.4, 0.5) is 19.0 Å². The number of piperazine rings is 1. The van der Waals surface area contributed by atoms with E-state index in [1.807, 2.05) is 36.4 Å². The van der Waals surface area contributed by atoms with Gasteiger partial charge in [0.05, 0.1) is 10.6 Å². The molecule has 1 fully saturated rings. The van der Waals surface area contributed by atoms with Crippen molar-refractivity contribution in [3.8, 4) is 5.75 Å². The minimum atomic E-state index is -4.50. The number of benzene rings is 2. The summed E-state index contributed by atoms with van der Waals surface area (Å²) in [5.74, 6) is 0.945. The van der Waals surface area contributed by atoms with Crippen LogP contribution in [0.25, 0.3) is 10.8 Å². The Balaban J connectivity index is 1.25. The lowest BCUT2D eigenvalue weighted by Crippen LogP contribution is -2.52. The largest absolute Gasteiger partial charge is 0.480 e. The Morgan fingerprint density at radius 3 is 2.56 bits per heavy atom. The SMILES string of the molecule is O=C(C1Cc2c(ccc3ccccc23)O1)N1CCN(c2ncc(C(F)(F)F)cc2Cl)CC1. The number of fused-ring (bicyclic) bond motifs is 3. The maximum absolute atomic E-state index is 13.1. The van der Waals surface area contributed by atoms with Crippen LogP contribution in [0.1, 0.15) is 11.1 Å². The number of nitrogens with zero attached hydrogens (tertiary/aromatic N) is 3. The van der Waals surface area contributed by atoms with E-state index in [4.69, 9.17) is 16.3 Å². The number of pyridine rings is 1. The summed E-state index contributed by atoms with van der Waals surface area (Å²) in [4.78, 5) is 20.5. The van der Waals surface area contributed by atoms with Gasteiger partial charge >= 0.3 is 6.18 Å². The quantitative estimate of drug-likeness (QED) is 0.561. The number of halogens is 4. The van der Waals surface area contributed by atoms with Crippen LogP contribution >= 0.6 is 11.6 Å². The number of carbonyl (C=O) groups excluding carboxylic acids is 1. The molecule has 0 saturated carbocycles.